The summed E-state index contributed by atoms with van der Waals surface area (Å²) in [4.78, 5) is 0. The SMILES string of the molecule is C=CCC(C)C(C)NCC(O)c1c(F)cccc1F. The minimum Gasteiger partial charge on any atom is -0.387 e. The molecule has 0 aromatic heterocycles. The van der Waals surface area contributed by atoms with E-state index in [1.807, 2.05) is 13.0 Å². The maximum absolute atomic E-state index is 13.5. The van der Waals surface area contributed by atoms with Crippen molar-refractivity contribution in [3.63, 3.8) is 0 Å². The fourth-order valence-electron chi connectivity index (χ4n) is 1.90. The summed E-state index contributed by atoms with van der Waals surface area (Å²) in [7, 11) is 0. The van der Waals surface area contributed by atoms with Gasteiger partial charge in [0.25, 0.3) is 0 Å². The lowest BCUT2D eigenvalue weighted by Crippen LogP contribution is -2.35. The lowest BCUT2D eigenvalue weighted by molar-refractivity contribution is 0.157. The van der Waals surface area contributed by atoms with Gasteiger partial charge in [-0.15, -0.1) is 6.58 Å². The van der Waals surface area contributed by atoms with E-state index < -0.39 is 17.7 Å². The van der Waals surface area contributed by atoms with Gasteiger partial charge in [-0.05, 0) is 31.4 Å². The maximum Gasteiger partial charge on any atom is 0.131 e. The summed E-state index contributed by atoms with van der Waals surface area (Å²) in [6.45, 7) is 7.81. The van der Waals surface area contributed by atoms with Crippen molar-refractivity contribution >= 4 is 0 Å². The highest BCUT2D eigenvalue weighted by molar-refractivity contribution is 5.22. The van der Waals surface area contributed by atoms with Crippen LogP contribution in [0.1, 0.15) is 31.9 Å². The van der Waals surface area contributed by atoms with E-state index in [4.69, 9.17) is 0 Å². The summed E-state index contributed by atoms with van der Waals surface area (Å²) in [6.07, 6.45) is 1.48. The van der Waals surface area contributed by atoms with Crippen molar-refractivity contribution in [2.75, 3.05) is 6.54 Å². The van der Waals surface area contributed by atoms with Crippen molar-refractivity contribution in [1.29, 1.82) is 0 Å². The first kappa shape index (κ1) is 15.8. The van der Waals surface area contributed by atoms with Gasteiger partial charge in [-0.2, -0.15) is 0 Å². The van der Waals surface area contributed by atoms with Crippen molar-refractivity contribution < 1.29 is 13.9 Å². The fourth-order valence-corrected chi connectivity index (χ4v) is 1.90. The van der Waals surface area contributed by atoms with E-state index in [2.05, 4.69) is 18.8 Å². The standard InChI is InChI=1S/C15H21F2NO/c1-4-6-10(2)11(3)18-9-14(19)15-12(16)7-5-8-13(15)17/h4-5,7-8,10-11,14,18-19H,1,6,9H2,2-3H3. The summed E-state index contributed by atoms with van der Waals surface area (Å²) < 4.78 is 26.9. The van der Waals surface area contributed by atoms with Crippen LogP contribution in [0.3, 0.4) is 0 Å². The number of benzene rings is 1. The van der Waals surface area contributed by atoms with Gasteiger partial charge in [0.1, 0.15) is 11.6 Å². The van der Waals surface area contributed by atoms with Crippen molar-refractivity contribution in [2.45, 2.75) is 32.4 Å². The van der Waals surface area contributed by atoms with E-state index in [0.29, 0.717) is 5.92 Å². The molecule has 0 amide bonds. The molecule has 0 spiro atoms. The minimum absolute atomic E-state index is 0.112. The molecule has 4 heteroatoms. The van der Waals surface area contributed by atoms with Gasteiger partial charge in [-0.25, -0.2) is 8.78 Å². The lowest BCUT2D eigenvalue weighted by atomic mass is 9.99. The number of halogens is 2. The average Bonchev–Trinajstić information content (AvgIpc) is 2.36. The number of aliphatic hydroxyl groups is 1. The summed E-state index contributed by atoms with van der Waals surface area (Å²) >= 11 is 0. The first-order valence-corrected chi connectivity index (χ1v) is 6.43. The number of hydrogen-bond acceptors (Lipinski definition) is 2. The third kappa shape index (κ3) is 4.40. The number of allylic oxidation sites excluding steroid dienone is 1. The van der Waals surface area contributed by atoms with Crippen LogP contribution in [-0.4, -0.2) is 17.7 Å². The molecule has 1 aromatic rings. The fraction of sp³-hybridized carbons (Fsp3) is 0.467. The molecule has 106 valence electrons. The van der Waals surface area contributed by atoms with Crippen LogP contribution in [0.4, 0.5) is 8.78 Å². The molecule has 3 unspecified atom stereocenters. The van der Waals surface area contributed by atoms with E-state index >= 15 is 0 Å². The van der Waals surface area contributed by atoms with E-state index in [1.165, 1.54) is 6.07 Å². The van der Waals surface area contributed by atoms with Gasteiger partial charge in [0.05, 0.1) is 11.7 Å². The Morgan fingerprint density at radius 1 is 1.32 bits per heavy atom. The molecule has 0 saturated carbocycles. The van der Waals surface area contributed by atoms with Crippen LogP contribution in [-0.2, 0) is 0 Å². The number of rotatable bonds is 7. The normalized spacial score (nSPS) is 15.8. The van der Waals surface area contributed by atoms with Crippen LogP contribution in [0.15, 0.2) is 30.9 Å². The summed E-state index contributed by atoms with van der Waals surface area (Å²) in [6, 6.07) is 3.70. The van der Waals surface area contributed by atoms with E-state index in [1.54, 1.807) is 0 Å². The average molecular weight is 269 g/mol. The minimum atomic E-state index is -1.19. The van der Waals surface area contributed by atoms with E-state index in [9.17, 15) is 13.9 Å². The smallest absolute Gasteiger partial charge is 0.131 e. The predicted octanol–water partition coefficient (Wildman–Crippen LogP) is 3.19. The van der Waals surface area contributed by atoms with Crippen LogP contribution in [0, 0.1) is 17.6 Å². The van der Waals surface area contributed by atoms with Gasteiger partial charge in [0.2, 0.25) is 0 Å². The zero-order valence-electron chi connectivity index (χ0n) is 11.4. The molecule has 2 nitrogen and oxygen atoms in total. The second kappa shape index (κ2) is 7.36. The summed E-state index contributed by atoms with van der Waals surface area (Å²) in [5, 5.41) is 13.0. The molecular weight excluding hydrogens is 248 g/mol. The molecule has 2 N–H and O–H groups in total. The van der Waals surface area contributed by atoms with Crippen molar-refractivity contribution in [2.24, 2.45) is 5.92 Å². The number of hydrogen-bond donors (Lipinski definition) is 2. The molecule has 0 aliphatic carbocycles. The quantitative estimate of drug-likeness (QED) is 0.745. The van der Waals surface area contributed by atoms with Crippen LogP contribution in [0.5, 0.6) is 0 Å². The topological polar surface area (TPSA) is 32.3 Å². The molecule has 0 radical (unpaired) electrons. The highest BCUT2D eigenvalue weighted by atomic mass is 19.1. The Labute approximate surface area is 113 Å². The molecule has 19 heavy (non-hydrogen) atoms. The number of nitrogens with one attached hydrogen (secondary N) is 1. The molecule has 0 aliphatic rings. The van der Waals surface area contributed by atoms with Gasteiger partial charge in [0.15, 0.2) is 0 Å². The van der Waals surface area contributed by atoms with Crippen LogP contribution in [0.2, 0.25) is 0 Å². The molecule has 0 saturated heterocycles. The van der Waals surface area contributed by atoms with Gasteiger partial charge < -0.3 is 10.4 Å². The molecule has 0 heterocycles. The Kier molecular flexibility index (Phi) is 6.12. The number of aliphatic hydroxyl groups excluding tert-OH is 1. The third-order valence-electron chi connectivity index (χ3n) is 3.36. The summed E-state index contributed by atoms with van der Waals surface area (Å²) in [5.74, 6) is -1.10. The van der Waals surface area contributed by atoms with Crippen LogP contribution in [0.25, 0.3) is 0 Å². The first-order chi connectivity index (χ1) is 8.97. The van der Waals surface area contributed by atoms with E-state index in [-0.39, 0.29) is 18.2 Å². The zero-order chi connectivity index (χ0) is 14.4. The largest absolute Gasteiger partial charge is 0.387 e. The monoisotopic (exact) mass is 269 g/mol. The van der Waals surface area contributed by atoms with Gasteiger partial charge in [-0.1, -0.05) is 19.1 Å². The molecule has 0 bridgehead atoms. The Morgan fingerprint density at radius 3 is 2.42 bits per heavy atom. The molecule has 1 aromatic carbocycles. The molecule has 3 atom stereocenters. The second-order valence-corrected chi connectivity index (χ2v) is 4.85. The van der Waals surface area contributed by atoms with Gasteiger partial charge >= 0.3 is 0 Å². The molecule has 0 aliphatic heterocycles. The summed E-state index contributed by atoms with van der Waals surface area (Å²) in [5.41, 5.74) is -0.279. The Balaban J connectivity index is 2.60. The van der Waals surface area contributed by atoms with Crippen LogP contribution < -0.4 is 5.32 Å². The first-order valence-electron chi connectivity index (χ1n) is 6.43. The van der Waals surface area contributed by atoms with Crippen molar-refractivity contribution in [1.82, 2.24) is 5.32 Å². The Bertz CT molecular complexity index is 402. The Hall–Kier alpha value is -1.26. The highest BCUT2D eigenvalue weighted by Gasteiger charge is 2.19. The molecular formula is C15H21F2NO. The Morgan fingerprint density at radius 2 is 1.89 bits per heavy atom. The zero-order valence-corrected chi connectivity index (χ0v) is 11.4. The van der Waals surface area contributed by atoms with Crippen molar-refractivity contribution in [3.8, 4) is 0 Å². The molecule has 0 fully saturated rings. The van der Waals surface area contributed by atoms with Crippen molar-refractivity contribution in [3.05, 3.63) is 48.1 Å². The third-order valence-corrected chi connectivity index (χ3v) is 3.36. The van der Waals surface area contributed by atoms with Gasteiger partial charge in [-0.3, -0.25) is 0 Å². The second-order valence-electron chi connectivity index (χ2n) is 4.85. The van der Waals surface area contributed by atoms with Gasteiger partial charge in [0, 0.05) is 12.6 Å². The maximum atomic E-state index is 13.5. The highest BCUT2D eigenvalue weighted by Crippen LogP contribution is 2.20. The predicted molar refractivity (Wildman–Crippen MR) is 72.8 cm³/mol. The lowest BCUT2D eigenvalue weighted by Gasteiger charge is -2.22. The van der Waals surface area contributed by atoms with Crippen LogP contribution >= 0.6 is 0 Å². The molecule has 1 rings (SSSR count). The van der Waals surface area contributed by atoms with E-state index in [0.717, 1.165) is 18.6 Å².